The van der Waals surface area contributed by atoms with Crippen molar-refractivity contribution in [3.8, 4) is 0 Å². The molecular formula is C6H6N4OS. The summed E-state index contributed by atoms with van der Waals surface area (Å²) in [4.78, 5) is 0. The Morgan fingerprint density at radius 2 is 2.58 bits per heavy atom. The van der Waals surface area contributed by atoms with Crippen molar-refractivity contribution >= 4 is 16.5 Å². The van der Waals surface area contributed by atoms with Crippen molar-refractivity contribution in [2.75, 3.05) is 5.32 Å². The van der Waals surface area contributed by atoms with Gasteiger partial charge in [-0.25, -0.2) is 0 Å². The molecule has 2 heterocycles. The number of nitrogens with zero attached hydrogens (tertiary/aromatic N) is 3. The Hall–Kier alpha value is -1.43. The third-order valence-corrected chi connectivity index (χ3v) is 1.92. The molecule has 6 heteroatoms. The average molecular weight is 182 g/mol. The third-order valence-electron chi connectivity index (χ3n) is 1.27. The number of anilines is 1. The maximum atomic E-state index is 4.66. The molecule has 0 aliphatic heterocycles. The molecule has 0 fully saturated rings. The van der Waals surface area contributed by atoms with Gasteiger partial charge < -0.3 is 9.84 Å². The van der Waals surface area contributed by atoms with E-state index in [-0.39, 0.29) is 0 Å². The summed E-state index contributed by atoms with van der Waals surface area (Å²) in [5, 5.41) is 15.1. The average Bonchev–Trinajstić information content (AvgIpc) is 2.74. The van der Waals surface area contributed by atoms with Crippen LogP contribution in [0.3, 0.4) is 0 Å². The van der Waals surface area contributed by atoms with Crippen molar-refractivity contribution in [3.63, 3.8) is 0 Å². The standard InChI is InChI=1S/C6H6N4OS/c1-2-11-10-5(1)3-7-6-9-8-4-12-6/h1-2,4H,3H2,(H,7,9). The van der Waals surface area contributed by atoms with Crippen molar-refractivity contribution in [1.82, 2.24) is 15.4 Å². The van der Waals surface area contributed by atoms with Gasteiger partial charge in [0, 0.05) is 6.07 Å². The molecular weight excluding hydrogens is 176 g/mol. The Labute approximate surface area is 72.4 Å². The van der Waals surface area contributed by atoms with E-state index in [1.165, 1.54) is 17.6 Å². The quantitative estimate of drug-likeness (QED) is 0.771. The summed E-state index contributed by atoms with van der Waals surface area (Å²) in [6.07, 6.45) is 1.54. The molecule has 0 amide bonds. The van der Waals surface area contributed by atoms with Gasteiger partial charge in [-0.05, 0) is 0 Å². The molecule has 0 atom stereocenters. The Kier molecular flexibility index (Phi) is 2.00. The predicted molar refractivity (Wildman–Crippen MR) is 43.7 cm³/mol. The maximum absolute atomic E-state index is 4.66. The lowest BCUT2D eigenvalue weighted by Gasteiger charge is -1.95. The van der Waals surface area contributed by atoms with E-state index in [9.17, 15) is 0 Å². The van der Waals surface area contributed by atoms with Crippen LogP contribution in [0, 0.1) is 0 Å². The number of hydrogen-bond donors (Lipinski definition) is 1. The van der Waals surface area contributed by atoms with E-state index in [4.69, 9.17) is 0 Å². The van der Waals surface area contributed by atoms with E-state index in [0.29, 0.717) is 6.54 Å². The fourth-order valence-corrected chi connectivity index (χ4v) is 1.19. The van der Waals surface area contributed by atoms with Crippen molar-refractivity contribution in [3.05, 3.63) is 23.5 Å². The van der Waals surface area contributed by atoms with Crippen LogP contribution < -0.4 is 5.32 Å². The predicted octanol–water partition coefficient (Wildman–Crippen LogP) is 1.14. The van der Waals surface area contributed by atoms with E-state index in [0.717, 1.165) is 10.8 Å². The molecule has 0 aromatic carbocycles. The largest absolute Gasteiger partial charge is 0.364 e. The maximum Gasteiger partial charge on any atom is 0.205 e. The fraction of sp³-hybridized carbons (Fsp3) is 0.167. The second kappa shape index (κ2) is 3.31. The molecule has 2 rings (SSSR count). The first-order valence-electron chi connectivity index (χ1n) is 3.34. The molecule has 62 valence electrons. The lowest BCUT2D eigenvalue weighted by Crippen LogP contribution is -1.98. The molecule has 5 nitrogen and oxygen atoms in total. The van der Waals surface area contributed by atoms with Crippen molar-refractivity contribution in [2.24, 2.45) is 0 Å². The third kappa shape index (κ3) is 1.59. The van der Waals surface area contributed by atoms with Gasteiger partial charge in [0.15, 0.2) is 0 Å². The smallest absolute Gasteiger partial charge is 0.205 e. The highest BCUT2D eigenvalue weighted by atomic mass is 32.1. The number of rotatable bonds is 3. The molecule has 2 aromatic heterocycles. The number of nitrogens with one attached hydrogen (secondary N) is 1. The number of aromatic nitrogens is 3. The molecule has 0 spiro atoms. The molecule has 1 N–H and O–H groups in total. The molecule has 0 bridgehead atoms. The highest BCUT2D eigenvalue weighted by molar-refractivity contribution is 7.13. The molecule has 0 radical (unpaired) electrons. The summed E-state index contributed by atoms with van der Waals surface area (Å²) >= 11 is 1.45. The Bertz CT molecular complexity index is 283. The van der Waals surface area contributed by atoms with Crippen LogP contribution in [0.4, 0.5) is 5.13 Å². The second-order valence-electron chi connectivity index (χ2n) is 2.09. The van der Waals surface area contributed by atoms with Gasteiger partial charge in [0.25, 0.3) is 0 Å². The van der Waals surface area contributed by atoms with Crippen molar-refractivity contribution in [2.45, 2.75) is 6.54 Å². The summed E-state index contributed by atoms with van der Waals surface area (Å²) in [5.41, 5.74) is 2.52. The van der Waals surface area contributed by atoms with Gasteiger partial charge in [0.2, 0.25) is 5.13 Å². The van der Waals surface area contributed by atoms with Gasteiger partial charge in [-0.3, -0.25) is 0 Å². The number of hydrogen-bond acceptors (Lipinski definition) is 6. The van der Waals surface area contributed by atoms with E-state index in [2.05, 4.69) is 25.2 Å². The first-order valence-corrected chi connectivity index (χ1v) is 4.22. The first-order chi connectivity index (χ1) is 5.95. The van der Waals surface area contributed by atoms with Crippen LogP contribution in [0.2, 0.25) is 0 Å². The van der Waals surface area contributed by atoms with Gasteiger partial charge in [0.1, 0.15) is 17.5 Å². The highest BCUT2D eigenvalue weighted by Gasteiger charge is 1.97. The fourth-order valence-electron chi connectivity index (χ4n) is 0.745. The zero-order valence-corrected chi connectivity index (χ0v) is 6.91. The van der Waals surface area contributed by atoms with Gasteiger partial charge in [-0.15, -0.1) is 10.2 Å². The van der Waals surface area contributed by atoms with Gasteiger partial charge in [-0.2, -0.15) is 0 Å². The summed E-state index contributed by atoms with van der Waals surface area (Å²) in [7, 11) is 0. The van der Waals surface area contributed by atoms with Crippen molar-refractivity contribution in [1.29, 1.82) is 0 Å². The van der Waals surface area contributed by atoms with Gasteiger partial charge in [0.05, 0.1) is 6.54 Å². The topological polar surface area (TPSA) is 63.8 Å². The van der Waals surface area contributed by atoms with Crippen LogP contribution in [-0.2, 0) is 6.54 Å². The molecule has 12 heavy (non-hydrogen) atoms. The van der Waals surface area contributed by atoms with Gasteiger partial charge >= 0.3 is 0 Å². The summed E-state index contributed by atoms with van der Waals surface area (Å²) < 4.78 is 4.66. The lowest BCUT2D eigenvalue weighted by atomic mass is 10.4. The first kappa shape index (κ1) is 7.23. The normalized spacial score (nSPS) is 10.0. The summed E-state index contributed by atoms with van der Waals surface area (Å²) in [6.45, 7) is 0.617. The lowest BCUT2D eigenvalue weighted by molar-refractivity contribution is 0.412. The van der Waals surface area contributed by atoms with E-state index in [1.54, 1.807) is 11.6 Å². The minimum Gasteiger partial charge on any atom is -0.364 e. The van der Waals surface area contributed by atoms with Crippen LogP contribution >= 0.6 is 11.3 Å². The zero-order valence-electron chi connectivity index (χ0n) is 6.10. The van der Waals surface area contributed by atoms with Crippen LogP contribution in [0.25, 0.3) is 0 Å². The summed E-state index contributed by atoms with van der Waals surface area (Å²) in [6, 6.07) is 1.80. The second-order valence-corrected chi connectivity index (χ2v) is 2.92. The highest BCUT2D eigenvalue weighted by Crippen LogP contribution is 2.09. The molecule has 2 aromatic rings. The Morgan fingerprint density at radius 3 is 3.25 bits per heavy atom. The van der Waals surface area contributed by atoms with Crippen LogP contribution in [0.1, 0.15) is 5.69 Å². The Balaban J connectivity index is 1.91. The van der Waals surface area contributed by atoms with Crippen LogP contribution in [-0.4, -0.2) is 15.4 Å². The molecule has 0 unspecified atom stereocenters. The molecule has 0 aliphatic rings. The van der Waals surface area contributed by atoms with E-state index < -0.39 is 0 Å². The van der Waals surface area contributed by atoms with Crippen LogP contribution in [0.15, 0.2) is 22.4 Å². The van der Waals surface area contributed by atoms with E-state index in [1.807, 2.05) is 0 Å². The monoisotopic (exact) mass is 182 g/mol. The van der Waals surface area contributed by atoms with Gasteiger partial charge in [-0.1, -0.05) is 16.5 Å². The zero-order chi connectivity index (χ0) is 8.23. The Morgan fingerprint density at radius 1 is 1.58 bits per heavy atom. The van der Waals surface area contributed by atoms with E-state index >= 15 is 0 Å². The molecule has 0 saturated carbocycles. The van der Waals surface area contributed by atoms with Crippen molar-refractivity contribution < 1.29 is 4.52 Å². The minimum absolute atomic E-state index is 0.617. The summed E-state index contributed by atoms with van der Waals surface area (Å²) in [5.74, 6) is 0. The molecule has 0 aliphatic carbocycles. The van der Waals surface area contributed by atoms with Crippen LogP contribution in [0.5, 0.6) is 0 Å². The SMILES string of the molecule is c1cc(CNc2nncs2)no1. The molecule has 0 saturated heterocycles. The minimum atomic E-state index is 0.617.